The Morgan fingerprint density at radius 3 is 2.50 bits per heavy atom. The zero-order valence-electron chi connectivity index (χ0n) is 24.0. The molecule has 2 saturated heterocycles. The van der Waals surface area contributed by atoms with Crippen molar-refractivity contribution in [2.24, 2.45) is 5.92 Å². The molecular formula is C31H35N3O7S. The third-order valence-corrected chi connectivity index (χ3v) is 9.71. The third-order valence-electron chi connectivity index (χ3n) is 8.22. The van der Waals surface area contributed by atoms with Gasteiger partial charge >= 0.3 is 10.2 Å². The number of furan rings is 1. The van der Waals surface area contributed by atoms with Crippen molar-refractivity contribution in [1.82, 2.24) is 14.0 Å². The van der Waals surface area contributed by atoms with Gasteiger partial charge in [0.15, 0.2) is 5.76 Å². The highest BCUT2D eigenvalue weighted by Crippen LogP contribution is 2.38. The first-order chi connectivity index (χ1) is 20.2. The molecule has 2 aromatic carbocycles. The second-order valence-corrected chi connectivity index (χ2v) is 12.6. The lowest BCUT2D eigenvalue weighted by molar-refractivity contribution is 0.0243. The predicted molar refractivity (Wildman–Crippen MR) is 159 cm³/mol. The summed E-state index contributed by atoms with van der Waals surface area (Å²) in [5.74, 6) is 0.519. The monoisotopic (exact) mass is 593 g/mol. The van der Waals surface area contributed by atoms with Crippen LogP contribution in [0.5, 0.6) is 5.75 Å². The van der Waals surface area contributed by atoms with Gasteiger partial charge in [0.25, 0.3) is 5.91 Å². The van der Waals surface area contributed by atoms with Gasteiger partial charge in [0.1, 0.15) is 17.0 Å². The highest BCUT2D eigenvalue weighted by molar-refractivity contribution is 7.87. The predicted octanol–water partition coefficient (Wildman–Crippen LogP) is 4.77. The van der Waals surface area contributed by atoms with Crippen LogP contribution in [0, 0.1) is 19.8 Å². The average molecular weight is 594 g/mol. The largest absolute Gasteiger partial charge is 0.490 e. The van der Waals surface area contributed by atoms with E-state index < -0.39 is 16.1 Å². The van der Waals surface area contributed by atoms with Crippen LogP contribution in [0.15, 0.2) is 46.9 Å². The molecule has 6 rings (SSSR count). The van der Waals surface area contributed by atoms with Gasteiger partial charge in [0, 0.05) is 37.3 Å². The number of rotatable bonds is 7. The fraction of sp³-hybridized carbons (Fsp3) is 0.419. The summed E-state index contributed by atoms with van der Waals surface area (Å²) < 4.78 is 53.5. The van der Waals surface area contributed by atoms with Crippen molar-refractivity contribution in [3.63, 3.8) is 0 Å². The number of benzene rings is 2. The van der Waals surface area contributed by atoms with Gasteiger partial charge in [0.05, 0.1) is 35.8 Å². The summed E-state index contributed by atoms with van der Waals surface area (Å²) in [6.45, 7) is 8.10. The van der Waals surface area contributed by atoms with E-state index in [0.717, 1.165) is 29.4 Å². The summed E-state index contributed by atoms with van der Waals surface area (Å²) in [6.07, 6.45) is 1.61. The Morgan fingerprint density at radius 2 is 1.76 bits per heavy atom. The molecule has 2 aromatic heterocycles. The Bertz CT molecular complexity index is 1740. The Balaban J connectivity index is 1.48. The lowest BCUT2D eigenvalue weighted by Gasteiger charge is -2.29. The number of nitrogens with one attached hydrogen (secondary N) is 1. The quantitative estimate of drug-likeness (QED) is 0.326. The molecule has 11 heteroatoms. The van der Waals surface area contributed by atoms with Gasteiger partial charge in [-0.1, -0.05) is 24.3 Å². The van der Waals surface area contributed by atoms with Crippen LogP contribution in [0.1, 0.15) is 41.3 Å². The Labute approximate surface area is 245 Å². The minimum absolute atomic E-state index is 0.143. The smallest absolute Gasteiger partial charge is 0.304 e. The normalized spacial score (nSPS) is 17.9. The highest BCUT2D eigenvalue weighted by atomic mass is 32.2. The molecule has 10 nitrogen and oxygen atoms in total. The van der Waals surface area contributed by atoms with E-state index in [0.29, 0.717) is 52.8 Å². The van der Waals surface area contributed by atoms with Crippen molar-refractivity contribution >= 4 is 38.0 Å². The van der Waals surface area contributed by atoms with E-state index in [2.05, 4.69) is 4.72 Å². The number of morpholine rings is 1. The second kappa shape index (κ2) is 11.6. The number of hydrogen-bond donors (Lipinski definition) is 1. The van der Waals surface area contributed by atoms with Gasteiger partial charge in [-0.3, -0.25) is 4.79 Å². The van der Waals surface area contributed by atoms with Crippen LogP contribution in [0.2, 0.25) is 0 Å². The van der Waals surface area contributed by atoms with Gasteiger partial charge in [-0.25, -0.2) is 9.71 Å². The van der Waals surface area contributed by atoms with E-state index in [-0.39, 0.29) is 38.0 Å². The average Bonchev–Trinajstić information content (AvgIpc) is 3.35. The molecule has 2 aliphatic heterocycles. The zero-order valence-corrected chi connectivity index (χ0v) is 24.8. The van der Waals surface area contributed by atoms with Crippen molar-refractivity contribution in [1.29, 1.82) is 0 Å². The van der Waals surface area contributed by atoms with Crippen LogP contribution in [-0.2, 0) is 19.7 Å². The van der Waals surface area contributed by atoms with Crippen molar-refractivity contribution in [2.75, 3.05) is 39.5 Å². The molecule has 0 radical (unpaired) electrons. The van der Waals surface area contributed by atoms with Crippen LogP contribution in [0.25, 0.3) is 33.3 Å². The number of hydrogen-bond acceptors (Lipinski definition) is 8. The number of ether oxygens (including phenoxy) is 3. The van der Waals surface area contributed by atoms with Crippen molar-refractivity contribution in [3.8, 4) is 17.2 Å². The number of carbonyl (C=O) groups is 1. The molecule has 0 unspecified atom stereocenters. The van der Waals surface area contributed by atoms with Crippen molar-refractivity contribution in [2.45, 2.75) is 39.7 Å². The van der Waals surface area contributed by atoms with Crippen LogP contribution in [-0.4, -0.2) is 69.2 Å². The van der Waals surface area contributed by atoms with E-state index >= 15 is 0 Å². The molecular weight excluding hydrogens is 558 g/mol. The van der Waals surface area contributed by atoms with Gasteiger partial charge in [-0.2, -0.15) is 12.7 Å². The van der Waals surface area contributed by atoms with Crippen LogP contribution in [0.4, 0.5) is 0 Å². The fourth-order valence-corrected chi connectivity index (χ4v) is 6.86. The summed E-state index contributed by atoms with van der Waals surface area (Å²) in [6, 6.07) is 13.0. The molecule has 2 aliphatic rings. The highest BCUT2D eigenvalue weighted by Gasteiger charge is 2.30. The Hall–Kier alpha value is -3.51. The molecule has 0 bridgehead atoms. The van der Waals surface area contributed by atoms with E-state index in [1.165, 1.54) is 4.31 Å². The van der Waals surface area contributed by atoms with Gasteiger partial charge < -0.3 is 18.6 Å². The number of pyridine rings is 1. The minimum atomic E-state index is -4.11. The molecule has 4 heterocycles. The number of carbonyl (C=O) groups excluding carboxylic acids is 1. The number of amides is 1. The van der Waals surface area contributed by atoms with Crippen LogP contribution in [0.3, 0.4) is 0 Å². The maximum atomic E-state index is 13.9. The number of nitrogens with zero attached hydrogens (tertiary/aromatic N) is 2. The Morgan fingerprint density at radius 1 is 1.05 bits per heavy atom. The standard InChI is InChI=1S/C31H35N3O7S/c1-19-8-9-27(40-21(3)22-10-14-38-15-11-22)28-24(31(35)33-42(36,37)34-12-16-39-17-13-34)18-25(32-29(19)28)30-20(2)23-6-4-5-7-26(23)41-30/h4-9,18,21-22H,10-17H2,1-3H3,(H,33,35)/t21-/m1/s1. The first-order valence-electron chi connectivity index (χ1n) is 14.3. The molecule has 1 amide bonds. The summed E-state index contributed by atoms with van der Waals surface area (Å²) in [5.41, 5.74) is 3.51. The van der Waals surface area contributed by atoms with E-state index in [9.17, 15) is 13.2 Å². The fourth-order valence-electron chi connectivity index (χ4n) is 5.76. The molecule has 0 aliphatic carbocycles. The third kappa shape index (κ3) is 5.49. The molecule has 222 valence electrons. The molecule has 0 spiro atoms. The second-order valence-electron chi connectivity index (χ2n) is 10.9. The summed E-state index contributed by atoms with van der Waals surface area (Å²) in [4.78, 5) is 18.9. The summed E-state index contributed by atoms with van der Waals surface area (Å²) >= 11 is 0. The molecule has 0 saturated carbocycles. The first kappa shape index (κ1) is 28.6. The number of para-hydroxylation sites is 1. The van der Waals surface area contributed by atoms with Crippen molar-refractivity contribution in [3.05, 3.63) is 59.2 Å². The lowest BCUT2D eigenvalue weighted by atomic mass is 9.94. The van der Waals surface area contributed by atoms with E-state index in [4.69, 9.17) is 23.6 Å². The molecule has 42 heavy (non-hydrogen) atoms. The topological polar surface area (TPSA) is 120 Å². The van der Waals surface area contributed by atoms with Gasteiger partial charge in [-0.15, -0.1) is 0 Å². The molecule has 4 aromatic rings. The lowest BCUT2D eigenvalue weighted by Crippen LogP contribution is -2.48. The molecule has 1 N–H and O–H groups in total. The Kier molecular flexibility index (Phi) is 7.93. The van der Waals surface area contributed by atoms with Gasteiger partial charge in [0.2, 0.25) is 0 Å². The summed E-state index contributed by atoms with van der Waals surface area (Å²) in [5, 5.41) is 1.40. The SMILES string of the molecule is Cc1c(-c2cc(C(=O)NS(=O)(=O)N3CCOCC3)c3c(O[C@H](C)C4CCOCC4)ccc(C)c3n2)oc2ccccc12. The zero-order chi connectivity index (χ0) is 29.4. The van der Waals surface area contributed by atoms with Crippen LogP contribution < -0.4 is 9.46 Å². The maximum absolute atomic E-state index is 13.9. The minimum Gasteiger partial charge on any atom is -0.490 e. The van der Waals surface area contributed by atoms with E-state index in [1.807, 2.05) is 57.2 Å². The number of aromatic nitrogens is 1. The van der Waals surface area contributed by atoms with Gasteiger partial charge in [-0.05, 0) is 63.3 Å². The van der Waals surface area contributed by atoms with E-state index in [1.54, 1.807) is 6.07 Å². The molecule has 1 atom stereocenters. The van der Waals surface area contributed by atoms with Crippen LogP contribution >= 0.6 is 0 Å². The first-order valence-corrected chi connectivity index (χ1v) is 15.7. The number of fused-ring (bicyclic) bond motifs is 2. The maximum Gasteiger partial charge on any atom is 0.304 e. The summed E-state index contributed by atoms with van der Waals surface area (Å²) in [7, 11) is -4.11. The number of aryl methyl sites for hydroxylation is 2. The van der Waals surface area contributed by atoms with Crippen molar-refractivity contribution < 1.29 is 31.8 Å². The molecule has 2 fully saturated rings.